The van der Waals surface area contributed by atoms with E-state index in [4.69, 9.17) is 10.5 Å². The van der Waals surface area contributed by atoms with Crippen molar-refractivity contribution in [3.05, 3.63) is 65.2 Å². The van der Waals surface area contributed by atoms with Gasteiger partial charge < -0.3 is 15.8 Å². The number of amides is 4. The lowest BCUT2D eigenvalue weighted by atomic mass is 9.87. The number of hydrogen-bond acceptors (Lipinski definition) is 6. The number of nitrogen functional groups attached to an aromatic ring is 1. The van der Waals surface area contributed by atoms with Gasteiger partial charge in [0.15, 0.2) is 6.61 Å². The van der Waals surface area contributed by atoms with Gasteiger partial charge in [0.2, 0.25) is 0 Å². The van der Waals surface area contributed by atoms with Crippen molar-refractivity contribution in [2.75, 3.05) is 12.3 Å². The van der Waals surface area contributed by atoms with Crippen LogP contribution in [0.4, 0.5) is 10.5 Å². The van der Waals surface area contributed by atoms with Crippen LogP contribution in [0, 0.1) is 6.92 Å². The van der Waals surface area contributed by atoms with Crippen LogP contribution in [0.5, 0.6) is 0 Å². The number of rotatable bonds is 6. The molecule has 1 aliphatic rings. The number of anilines is 1. The van der Waals surface area contributed by atoms with E-state index < -0.39 is 36.0 Å². The van der Waals surface area contributed by atoms with Crippen LogP contribution in [0.3, 0.4) is 0 Å². The van der Waals surface area contributed by atoms with E-state index >= 15 is 0 Å². The molecule has 3 rings (SSSR count). The van der Waals surface area contributed by atoms with Crippen molar-refractivity contribution in [1.82, 2.24) is 15.8 Å². The van der Waals surface area contributed by atoms with E-state index in [1.165, 1.54) is 6.07 Å². The molecule has 2 aromatic carbocycles. The standard InChI is InChI=1S/C21H22N4O5/c1-3-21(14-9-5-4-6-10-14)19(28)25(20(29)23-21)24-16(26)12-30-18(27)15-11-7-8-13(2)17(15)22/h4-11H,3,12,22H2,1-2H3,(H,23,29)(H,24,26)/t21-/m0/s1. The molecule has 0 spiro atoms. The SMILES string of the molecule is CC[C@@]1(c2ccccc2)NC(=O)N(NC(=O)COC(=O)c2cccc(C)c2N)C1=O. The molecule has 4 amide bonds. The number of imide groups is 1. The Hall–Kier alpha value is -3.88. The van der Waals surface area contributed by atoms with Crippen molar-refractivity contribution < 1.29 is 23.9 Å². The monoisotopic (exact) mass is 410 g/mol. The molecule has 1 heterocycles. The van der Waals surface area contributed by atoms with Gasteiger partial charge in [0, 0.05) is 5.69 Å². The number of nitrogens with zero attached hydrogens (tertiary/aromatic N) is 1. The van der Waals surface area contributed by atoms with Crippen molar-refractivity contribution in [1.29, 1.82) is 0 Å². The van der Waals surface area contributed by atoms with E-state index in [1.807, 2.05) is 0 Å². The molecular weight excluding hydrogens is 388 g/mol. The van der Waals surface area contributed by atoms with Crippen molar-refractivity contribution in [2.45, 2.75) is 25.8 Å². The highest BCUT2D eigenvalue weighted by Crippen LogP contribution is 2.31. The van der Waals surface area contributed by atoms with Crippen LogP contribution < -0.4 is 16.5 Å². The Kier molecular flexibility index (Phi) is 5.72. The number of carbonyl (C=O) groups is 4. The Morgan fingerprint density at radius 3 is 2.50 bits per heavy atom. The van der Waals surface area contributed by atoms with Gasteiger partial charge in [0.25, 0.3) is 11.8 Å². The number of para-hydroxylation sites is 1. The number of carbonyl (C=O) groups excluding carboxylic acids is 4. The summed E-state index contributed by atoms with van der Waals surface area (Å²) in [6, 6.07) is 12.8. The summed E-state index contributed by atoms with van der Waals surface area (Å²) >= 11 is 0. The number of urea groups is 1. The Morgan fingerprint density at radius 1 is 1.13 bits per heavy atom. The Bertz CT molecular complexity index is 1010. The van der Waals surface area contributed by atoms with E-state index in [9.17, 15) is 19.2 Å². The summed E-state index contributed by atoms with van der Waals surface area (Å²) in [6.07, 6.45) is 0.287. The molecule has 0 bridgehead atoms. The fourth-order valence-electron chi connectivity index (χ4n) is 3.26. The first-order valence-electron chi connectivity index (χ1n) is 9.34. The van der Waals surface area contributed by atoms with E-state index in [1.54, 1.807) is 56.3 Å². The molecule has 0 saturated carbocycles. The van der Waals surface area contributed by atoms with E-state index in [0.29, 0.717) is 16.1 Å². The second kappa shape index (κ2) is 8.24. The number of hydrogen-bond donors (Lipinski definition) is 3. The van der Waals surface area contributed by atoms with Gasteiger partial charge in [0.05, 0.1) is 5.56 Å². The minimum atomic E-state index is -1.28. The molecule has 2 aromatic rings. The normalized spacial score (nSPS) is 18.1. The lowest BCUT2D eigenvalue weighted by molar-refractivity contribution is -0.140. The highest BCUT2D eigenvalue weighted by Gasteiger charge is 2.52. The predicted molar refractivity (Wildman–Crippen MR) is 108 cm³/mol. The average molecular weight is 410 g/mol. The number of aryl methyl sites for hydroxylation is 1. The third-order valence-electron chi connectivity index (χ3n) is 5.00. The van der Waals surface area contributed by atoms with Gasteiger partial charge in [-0.15, -0.1) is 0 Å². The molecule has 1 saturated heterocycles. The van der Waals surface area contributed by atoms with Crippen LogP contribution >= 0.6 is 0 Å². The molecule has 0 radical (unpaired) electrons. The fourth-order valence-corrected chi connectivity index (χ4v) is 3.26. The maximum atomic E-state index is 13.0. The van der Waals surface area contributed by atoms with Crippen molar-refractivity contribution >= 4 is 29.5 Å². The summed E-state index contributed by atoms with van der Waals surface area (Å²) in [7, 11) is 0. The second-order valence-corrected chi connectivity index (χ2v) is 6.84. The van der Waals surface area contributed by atoms with Crippen LogP contribution in [-0.4, -0.2) is 35.4 Å². The Balaban J connectivity index is 1.67. The molecule has 0 aliphatic carbocycles. The Labute approximate surface area is 173 Å². The molecule has 9 nitrogen and oxygen atoms in total. The largest absolute Gasteiger partial charge is 0.452 e. The molecule has 0 aromatic heterocycles. The van der Waals surface area contributed by atoms with E-state index in [-0.39, 0.29) is 17.7 Å². The van der Waals surface area contributed by atoms with Crippen LogP contribution in [0.25, 0.3) is 0 Å². The maximum Gasteiger partial charge on any atom is 0.344 e. The number of esters is 1. The predicted octanol–water partition coefficient (Wildman–Crippen LogP) is 1.62. The van der Waals surface area contributed by atoms with Gasteiger partial charge in [-0.25, -0.2) is 9.59 Å². The summed E-state index contributed by atoms with van der Waals surface area (Å²) in [5, 5.41) is 3.25. The maximum absolute atomic E-state index is 13.0. The number of nitrogens with two attached hydrogens (primary N) is 1. The van der Waals surface area contributed by atoms with Crippen molar-refractivity contribution in [3.8, 4) is 0 Å². The number of benzene rings is 2. The summed E-state index contributed by atoms with van der Waals surface area (Å²) in [4.78, 5) is 49.7. The molecule has 156 valence electrons. The van der Waals surface area contributed by atoms with Gasteiger partial charge >= 0.3 is 12.0 Å². The zero-order chi connectivity index (χ0) is 21.9. The van der Waals surface area contributed by atoms with Crippen LogP contribution in [-0.2, 0) is 19.9 Å². The van der Waals surface area contributed by atoms with Crippen LogP contribution in [0.2, 0.25) is 0 Å². The number of hydrazine groups is 1. The molecule has 1 atom stereocenters. The van der Waals surface area contributed by atoms with E-state index in [0.717, 1.165) is 0 Å². The minimum Gasteiger partial charge on any atom is -0.452 e. The van der Waals surface area contributed by atoms with Gasteiger partial charge in [-0.3, -0.25) is 15.0 Å². The number of ether oxygens (including phenoxy) is 1. The smallest absolute Gasteiger partial charge is 0.344 e. The lowest BCUT2D eigenvalue weighted by Gasteiger charge is -2.25. The molecular formula is C21H22N4O5. The molecule has 4 N–H and O–H groups in total. The fraction of sp³-hybridized carbons (Fsp3) is 0.238. The zero-order valence-electron chi connectivity index (χ0n) is 16.6. The second-order valence-electron chi connectivity index (χ2n) is 6.84. The molecule has 0 unspecified atom stereocenters. The van der Waals surface area contributed by atoms with Gasteiger partial charge in [-0.05, 0) is 30.5 Å². The van der Waals surface area contributed by atoms with Crippen LogP contribution in [0.15, 0.2) is 48.5 Å². The van der Waals surface area contributed by atoms with Gasteiger partial charge in [-0.1, -0.05) is 49.4 Å². The highest BCUT2D eigenvalue weighted by atomic mass is 16.5. The lowest BCUT2D eigenvalue weighted by Crippen LogP contribution is -2.49. The van der Waals surface area contributed by atoms with Crippen molar-refractivity contribution in [3.63, 3.8) is 0 Å². The topological polar surface area (TPSA) is 131 Å². The van der Waals surface area contributed by atoms with Gasteiger partial charge in [0.1, 0.15) is 5.54 Å². The summed E-state index contributed by atoms with van der Waals surface area (Å²) in [5.74, 6) is -2.24. The quantitative estimate of drug-likeness (QED) is 0.377. The van der Waals surface area contributed by atoms with E-state index in [2.05, 4.69) is 10.7 Å². The number of nitrogens with one attached hydrogen (secondary N) is 2. The Morgan fingerprint density at radius 2 is 1.83 bits per heavy atom. The minimum absolute atomic E-state index is 0.131. The summed E-state index contributed by atoms with van der Waals surface area (Å²) < 4.78 is 4.97. The zero-order valence-corrected chi connectivity index (χ0v) is 16.6. The average Bonchev–Trinajstić information content (AvgIpc) is 2.99. The third kappa shape index (κ3) is 3.69. The summed E-state index contributed by atoms with van der Waals surface area (Å²) in [6.45, 7) is 2.81. The molecule has 1 fully saturated rings. The first-order chi connectivity index (χ1) is 14.3. The summed E-state index contributed by atoms with van der Waals surface area (Å²) in [5.41, 5.74) is 8.45. The highest BCUT2D eigenvalue weighted by molar-refractivity contribution is 6.08. The molecule has 9 heteroatoms. The first kappa shape index (κ1) is 20.8. The third-order valence-corrected chi connectivity index (χ3v) is 5.00. The van der Waals surface area contributed by atoms with Gasteiger partial charge in [-0.2, -0.15) is 5.01 Å². The first-order valence-corrected chi connectivity index (χ1v) is 9.34. The molecule has 30 heavy (non-hydrogen) atoms. The van der Waals surface area contributed by atoms with Crippen molar-refractivity contribution in [2.24, 2.45) is 0 Å². The molecule has 1 aliphatic heterocycles. The van der Waals surface area contributed by atoms with Crippen LogP contribution in [0.1, 0.15) is 34.8 Å².